The van der Waals surface area contributed by atoms with Crippen molar-refractivity contribution in [3.8, 4) is 22.6 Å². The van der Waals surface area contributed by atoms with Gasteiger partial charge in [0.1, 0.15) is 11.5 Å². The van der Waals surface area contributed by atoms with E-state index < -0.39 is 0 Å². The lowest BCUT2D eigenvalue weighted by atomic mass is 9.80. The van der Waals surface area contributed by atoms with Gasteiger partial charge in [-0.05, 0) is 46.4 Å². The van der Waals surface area contributed by atoms with Crippen LogP contribution >= 0.6 is 0 Å². The normalized spacial score (nSPS) is 13.9. The molecule has 0 bridgehead atoms. The Labute approximate surface area is 158 Å². The van der Waals surface area contributed by atoms with Gasteiger partial charge in [0.2, 0.25) is 0 Å². The van der Waals surface area contributed by atoms with Gasteiger partial charge in [-0.15, -0.1) is 0 Å². The van der Waals surface area contributed by atoms with Crippen molar-refractivity contribution in [1.29, 1.82) is 0 Å². The first-order valence-electron chi connectivity index (χ1n) is 9.46. The summed E-state index contributed by atoms with van der Waals surface area (Å²) in [5.41, 5.74) is 9.53. The lowest BCUT2D eigenvalue weighted by Gasteiger charge is -2.30. The quantitative estimate of drug-likeness (QED) is 0.328. The molecule has 1 aliphatic carbocycles. The molecule has 0 amide bonds. The molecule has 0 atom stereocenters. The summed E-state index contributed by atoms with van der Waals surface area (Å²) in [6.07, 6.45) is 1.00. The monoisotopic (exact) mass is 346 g/mol. The van der Waals surface area contributed by atoms with Gasteiger partial charge in [0.15, 0.2) is 0 Å². The van der Waals surface area contributed by atoms with Crippen molar-refractivity contribution in [3.63, 3.8) is 0 Å². The molecule has 4 aromatic carbocycles. The van der Waals surface area contributed by atoms with E-state index in [9.17, 15) is 0 Å². The van der Waals surface area contributed by atoms with Crippen LogP contribution in [0.15, 0.2) is 91.0 Å². The fraction of sp³-hybridized carbons (Fsp3) is 0.0769. The first-order chi connectivity index (χ1) is 13.4. The fourth-order valence-corrected chi connectivity index (χ4v) is 4.70. The minimum atomic E-state index is 0.204. The zero-order valence-corrected chi connectivity index (χ0v) is 14.9. The molecule has 0 aromatic heterocycles. The third kappa shape index (κ3) is 2.12. The molecule has 0 N–H and O–H groups in total. The predicted molar refractivity (Wildman–Crippen MR) is 109 cm³/mol. The van der Waals surface area contributed by atoms with Gasteiger partial charge in [0.25, 0.3) is 0 Å². The lowest BCUT2D eigenvalue weighted by molar-refractivity contribution is 0.452. The van der Waals surface area contributed by atoms with Gasteiger partial charge in [0.05, 0.1) is 0 Å². The highest BCUT2D eigenvalue weighted by Crippen LogP contribution is 2.50. The van der Waals surface area contributed by atoms with E-state index in [1.807, 2.05) is 0 Å². The Morgan fingerprint density at radius 1 is 0.556 bits per heavy atom. The van der Waals surface area contributed by atoms with E-state index in [1.165, 1.54) is 38.9 Å². The van der Waals surface area contributed by atoms with Crippen LogP contribution in [0.3, 0.4) is 0 Å². The maximum atomic E-state index is 6.21. The summed E-state index contributed by atoms with van der Waals surface area (Å²) >= 11 is 0. The average Bonchev–Trinajstić information content (AvgIpc) is 3.11. The SMILES string of the molecule is c1ccc2c(c1)Cc1c-2cccc1C1c2ccccc2Oc2ccccc21. The number of para-hydroxylation sites is 2. The van der Waals surface area contributed by atoms with Crippen molar-refractivity contribution in [2.24, 2.45) is 0 Å². The summed E-state index contributed by atoms with van der Waals surface area (Å²) in [7, 11) is 0. The van der Waals surface area contributed by atoms with Gasteiger partial charge in [-0.1, -0.05) is 78.9 Å². The van der Waals surface area contributed by atoms with Crippen LogP contribution in [0.25, 0.3) is 11.1 Å². The van der Waals surface area contributed by atoms with Crippen LogP contribution in [0, 0.1) is 0 Å². The first kappa shape index (κ1) is 14.8. The number of ether oxygens (including phenoxy) is 1. The van der Waals surface area contributed by atoms with E-state index in [0.29, 0.717) is 0 Å². The van der Waals surface area contributed by atoms with Gasteiger partial charge in [0, 0.05) is 17.0 Å². The van der Waals surface area contributed by atoms with Crippen LogP contribution in [-0.2, 0) is 6.42 Å². The Morgan fingerprint density at radius 2 is 1.15 bits per heavy atom. The largest absolute Gasteiger partial charge is 0.457 e. The molecule has 4 aromatic rings. The van der Waals surface area contributed by atoms with Crippen LogP contribution < -0.4 is 4.74 Å². The molecule has 1 heterocycles. The molecule has 2 aliphatic rings. The third-order valence-corrected chi connectivity index (χ3v) is 5.88. The molecule has 0 fully saturated rings. The van der Waals surface area contributed by atoms with Crippen molar-refractivity contribution in [2.45, 2.75) is 12.3 Å². The topological polar surface area (TPSA) is 9.23 Å². The van der Waals surface area contributed by atoms with Crippen molar-refractivity contribution in [2.75, 3.05) is 0 Å². The standard InChI is InChI=1S/C26H18O/c1-2-9-18-17(8-1)16-23-19(18)12-7-13-20(23)26-21-10-3-5-14-24(21)27-25-15-6-4-11-22(25)26/h1-15,26H,16H2. The molecular weight excluding hydrogens is 328 g/mol. The minimum absolute atomic E-state index is 0.204. The van der Waals surface area contributed by atoms with Crippen LogP contribution in [0.4, 0.5) is 0 Å². The Kier molecular flexibility index (Phi) is 3.06. The summed E-state index contributed by atoms with van der Waals surface area (Å²) in [4.78, 5) is 0. The van der Waals surface area contributed by atoms with E-state index in [2.05, 4.69) is 91.0 Å². The zero-order chi connectivity index (χ0) is 17.8. The smallest absolute Gasteiger partial charge is 0.131 e. The Morgan fingerprint density at radius 3 is 1.93 bits per heavy atom. The summed E-state index contributed by atoms with van der Waals surface area (Å²) in [6.45, 7) is 0. The second-order valence-electron chi connectivity index (χ2n) is 7.32. The molecule has 6 rings (SSSR count). The van der Waals surface area contributed by atoms with E-state index >= 15 is 0 Å². The molecule has 1 heteroatoms. The maximum absolute atomic E-state index is 6.21. The van der Waals surface area contributed by atoms with Crippen molar-refractivity contribution in [1.82, 2.24) is 0 Å². The molecule has 0 saturated carbocycles. The first-order valence-corrected chi connectivity index (χ1v) is 9.46. The van der Waals surface area contributed by atoms with Crippen LogP contribution in [0.5, 0.6) is 11.5 Å². The minimum Gasteiger partial charge on any atom is -0.457 e. The molecule has 1 nitrogen and oxygen atoms in total. The average molecular weight is 346 g/mol. The zero-order valence-electron chi connectivity index (χ0n) is 14.9. The molecule has 0 spiro atoms. The molecule has 27 heavy (non-hydrogen) atoms. The highest BCUT2D eigenvalue weighted by molar-refractivity contribution is 5.79. The third-order valence-electron chi connectivity index (χ3n) is 5.88. The Hall–Kier alpha value is -3.32. The number of benzene rings is 4. The van der Waals surface area contributed by atoms with Gasteiger partial charge in [-0.25, -0.2) is 0 Å². The summed E-state index contributed by atoms with van der Waals surface area (Å²) in [5, 5.41) is 0. The molecule has 1 aliphatic heterocycles. The van der Waals surface area contributed by atoms with Crippen molar-refractivity contribution >= 4 is 0 Å². The second-order valence-corrected chi connectivity index (χ2v) is 7.32. The molecule has 0 radical (unpaired) electrons. The number of hydrogen-bond donors (Lipinski definition) is 0. The van der Waals surface area contributed by atoms with Crippen molar-refractivity contribution in [3.05, 3.63) is 119 Å². The molecule has 0 saturated heterocycles. The van der Waals surface area contributed by atoms with Gasteiger partial charge < -0.3 is 4.74 Å². The van der Waals surface area contributed by atoms with Crippen LogP contribution in [-0.4, -0.2) is 0 Å². The summed E-state index contributed by atoms with van der Waals surface area (Å²) < 4.78 is 6.21. The van der Waals surface area contributed by atoms with Gasteiger partial charge >= 0.3 is 0 Å². The van der Waals surface area contributed by atoms with Crippen LogP contribution in [0.1, 0.15) is 33.7 Å². The summed E-state index contributed by atoms with van der Waals surface area (Å²) in [6, 6.07) is 32.4. The molecular formula is C26H18O. The summed E-state index contributed by atoms with van der Waals surface area (Å²) in [5.74, 6) is 2.14. The van der Waals surface area contributed by atoms with Gasteiger partial charge in [-0.2, -0.15) is 0 Å². The number of hydrogen-bond acceptors (Lipinski definition) is 1. The maximum Gasteiger partial charge on any atom is 0.131 e. The van der Waals surface area contributed by atoms with E-state index in [0.717, 1.165) is 17.9 Å². The lowest BCUT2D eigenvalue weighted by Crippen LogP contribution is -2.13. The number of rotatable bonds is 1. The van der Waals surface area contributed by atoms with E-state index in [4.69, 9.17) is 4.74 Å². The van der Waals surface area contributed by atoms with E-state index in [1.54, 1.807) is 0 Å². The Balaban J connectivity index is 1.62. The fourth-order valence-electron chi connectivity index (χ4n) is 4.70. The van der Waals surface area contributed by atoms with Gasteiger partial charge in [-0.3, -0.25) is 0 Å². The highest BCUT2D eigenvalue weighted by atomic mass is 16.5. The second kappa shape index (κ2) is 5.59. The predicted octanol–water partition coefficient (Wildman–Crippen LogP) is 6.54. The van der Waals surface area contributed by atoms with E-state index in [-0.39, 0.29) is 5.92 Å². The number of fused-ring (bicyclic) bond motifs is 5. The molecule has 0 unspecified atom stereocenters. The van der Waals surface area contributed by atoms with Crippen molar-refractivity contribution < 1.29 is 4.74 Å². The highest BCUT2D eigenvalue weighted by Gasteiger charge is 2.32. The van der Waals surface area contributed by atoms with Crippen LogP contribution in [0.2, 0.25) is 0 Å². The molecule has 128 valence electrons. The Bertz CT molecular complexity index is 1140.